The van der Waals surface area contributed by atoms with Gasteiger partial charge in [0, 0.05) is 11.3 Å². The minimum atomic E-state index is 0.990. The van der Waals surface area contributed by atoms with Crippen LogP contribution in [0.4, 0.5) is 0 Å². The minimum Gasteiger partial charge on any atom is -0.292 e. The van der Waals surface area contributed by atoms with Gasteiger partial charge in [-0.15, -0.1) is 0 Å². The zero-order valence-corrected chi connectivity index (χ0v) is 13.3. The van der Waals surface area contributed by atoms with E-state index in [2.05, 4.69) is 80.9 Å². The predicted octanol–water partition coefficient (Wildman–Crippen LogP) is 1.21. The smallest absolute Gasteiger partial charge is 0.145 e. The molecule has 0 saturated carbocycles. The first kappa shape index (κ1) is 13.9. The first-order chi connectivity index (χ1) is 11.2. The number of hydrogen-bond acceptors (Lipinski definition) is 1. The molecule has 4 rings (SSSR count). The molecule has 0 bridgehead atoms. The van der Waals surface area contributed by atoms with Crippen molar-refractivity contribution in [2.45, 2.75) is 0 Å². The van der Waals surface area contributed by atoms with Gasteiger partial charge in [-0.1, -0.05) is 59.5 Å². The molecule has 0 amide bonds. The van der Waals surface area contributed by atoms with Crippen molar-refractivity contribution in [3.63, 3.8) is 0 Å². The van der Waals surface area contributed by atoms with Crippen molar-refractivity contribution < 1.29 is 0 Å². The van der Waals surface area contributed by atoms with Crippen LogP contribution < -0.4 is 10.9 Å². The van der Waals surface area contributed by atoms with E-state index >= 15 is 0 Å². The van der Waals surface area contributed by atoms with Gasteiger partial charge < -0.3 is 0 Å². The van der Waals surface area contributed by atoms with E-state index in [0.717, 1.165) is 28.1 Å². The van der Waals surface area contributed by atoms with Crippen LogP contribution >= 0.6 is 0 Å². The highest BCUT2D eigenvalue weighted by molar-refractivity contribution is 6.38. The summed E-state index contributed by atoms with van der Waals surface area (Å²) in [6.07, 6.45) is 0. The van der Waals surface area contributed by atoms with E-state index in [9.17, 15) is 0 Å². The second-order valence-corrected chi connectivity index (χ2v) is 5.97. The lowest BCUT2D eigenvalue weighted by molar-refractivity contribution is 1.10. The fourth-order valence-corrected chi connectivity index (χ4v) is 3.16. The Morgan fingerprint density at radius 1 is 0.739 bits per heavy atom. The van der Waals surface area contributed by atoms with Crippen molar-refractivity contribution >= 4 is 37.7 Å². The molecule has 2 nitrogen and oxygen atoms in total. The molecule has 4 aromatic rings. The number of aromatic nitrogens is 2. The first-order valence-electron chi connectivity index (χ1n) is 7.84. The summed E-state index contributed by atoms with van der Waals surface area (Å²) in [5.74, 6) is 0.990. The van der Waals surface area contributed by atoms with E-state index in [-0.39, 0.29) is 0 Å². The largest absolute Gasteiger partial charge is 0.292 e. The Morgan fingerprint density at radius 3 is 2.13 bits per heavy atom. The van der Waals surface area contributed by atoms with Gasteiger partial charge in [0.2, 0.25) is 0 Å². The molecule has 0 atom stereocenters. The normalized spacial score (nSPS) is 11.0. The van der Waals surface area contributed by atoms with Gasteiger partial charge in [-0.3, -0.25) is 4.57 Å². The zero-order valence-electron chi connectivity index (χ0n) is 13.3. The number of fused-ring (bicyclic) bond motifs is 1. The maximum absolute atomic E-state index is 4.90. The third-order valence-electron chi connectivity index (χ3n) is 4.06. The van der Waals surface area contributed by atoms with Crippen LogP contribution in [-0.4, -0.2) is 25.2 Å². The van der Waals surface area contributed by atoms with Crippen LogP contribution in [-0.2, 0) is 0 Å². The molecular formula is C19H16B2N2. The molecule has 0 fully saturated rings. The molecule has 0 aliphatic heterocycles. The highest BCUT2D eigenvalue weighted by Crippen LogP contribution is 2.27. The van der Waals surface area contributed by atoms with Crippen LogP contribution in [0, 0.1) is 0 Å². The summed E-state index contributed by atoms with van der Waals surface area (Å²) in [7, 11) is 4.26. The van der Waals surface area contributed by atoms with Gasteiger partial charge in [-0.05, 0) is 24.3 Å². The van der Waals surface area contributed by atoms with Crippen LogP contribution in [0.2, 0.25) is 0 Å². The quantitative estimate of drug-likeness (QED) is 0.508. The molecule has 0 N–H and O–H groups in total. The summed E-state index contributed by atoms with van der Waals surface area (Å²) >= 11 is 0. The Labute approximate surface area is 137 Å². The summed E-state index contributed by atoms with van der Waals surface area (Å²) < 4.78 is 2.24. The summed E-state index contributed by atoms with van der Waals surface area (Å²) in [6, 6.07) is 25.3. The SMILES string of the molecule is Bc1cc(B)cc(-c2nc3ccccc3n2-c2ccccc2)c1. The van der Waals surface area contributed by atoms with Gasteiger partial charge in [-0.2, -0.15) is 0 Å². The van der Waals surface area contributed by atoms with Crippen molar-refractivity contribution in [1.29, 1.82) is 0 Å². The highest BCUT2D eigenvalue weighted by atomic mass is 15.1. The molecular weight excluding hydrogens is 278 g/mol. The Bertz CT molecular complexity index is 971. The van der Waals surface area contributed by atoms with Crippen molar-refractivity contribution in [2.24, 2.45) is 0 Å². The molecule has 0 aliphatic carbocycles. The predicted molar refractivity (Wildman–Crippen MR) is 103 cm³/mol. The Kier molecular flexibility index (Phi) is 3.30. The molecule has 0 radical (unpaired) electrons. The van der Waals surface area contributed by atoms with E-state index in [4.69, 9.17) is 4.98 Å². The topological polar surface area (TPSA) is 17.8 Å². The lowest BCUT2D eigenvalue weighted by Gasteiger charge is -2.10. The summed E-state index contributed by atoms with van der Waals surface area (Å²) in [4.78, 5) is 4.90. The maximum atomic E-state index is 4.90. The summed E-state index contributed by atoms with van der Waals surface area (Å²) in [6.45, 7) is 0. The molecule has 1 heterocycles. The lowest BCUT2D eigenvalue weighted by Crippen LogP contribution is -2.14. The van der Waals surface area contributed by atoms with Crippen molar-refractivity contribution in [3.8, 4) is 17.1 Å². The lowest BCUT2D eigenvalue weighted by atomic mass is 9.85. The van der Waals surface area contributed by atoms with E-state index in [0.29, 0.717) is 0 Å². The van der Waals surface area contributed by atoms with Crippen molar-refractivity contribution in [3.05, 3.63) is 72.8 Å². The van der Waals surface area contributed by atoms with E-state index in [1.165, 1.54) is 10.9 Å². The third kappa shape index (κ3) is 2.46. The van der Waals surface area contributed by atoms with E-state index in [1.807, 2.05) is 12.1 Å². The Morgan fingerprint density at radius 2 is 1.39 bits per heavy atom. The van der Waals surface area contributed by atoms with E-state index in [1.54, 1.807) is 0 Å². The monoisotopic (exact) mass is 294 g/mol. The number of para-hydroxylation sites is 3. The van der Waals surface area contributed by atoms with Crippen molar-refractivity contribution in [1.82, 2.24) is 9.55 Å². The van der Waals surface area contributed by atoms with Gasteiger partial charge in [0.15, 0.2) is 0 Å². The number of imidazole rings is 1. The van der Waals surface area contributed by atoms with Crippen LogP contribution in [0.3, 0.4) is 0 Å². The number of benzene rings is 3. The number of hydrogen-bond donors (Lipinski definition) is 0. The van der Waals surface area contributed by atoms with Gasteiger partial charge in [0.05, 0.1) is 11.0 Å². The summed E-state index contributed by atoms with van der Waals surface area (Å²) in [5.41, 5.74) is 6.95. The standard InChI is InChI=1S/C19H16B2N2/c20-14-10-13(11-15(21)12-14)19-22-17-8-4-5-9-18(17)23(19)16-6-2-1-3-7-16/h1-12H,20-21H2. The molecule has 3 aromatic carbocycles. The second-order valence-electron chi connectivity index (χ2n) is 5.97. The second kappa shape index (κ2) is 5.47. The maximum Gasteiger partial charge on any atom is 0.145 e. The van der Waals surface area contributed by atoms with Gasteiger partial charge >= 0.3 is 0 Å². The van der Waals surface area contributed by atoms with Gasteiger partial charge in [0.25, 0.3) is 0 Å². The molecule has 1 aromatic heterocycles. The fraction of sp³-hybridized carbons (Fsp3) is 0. The van der Waals surface area contributed by atoms with Gasteiger partial charge in [0.1, 0.15) is 21.5 Å². The summed E-state index contributed by atoms with van der Waals surface area (Å²) in [5, 5.41) is 0. The molecule has 108 valence electrons. The zero-order chi connectivity index (χ0) is 15.8. The van der Waals surface area contributed by atoms with Crippen molar-refractivity contribution in [2.75, 3.05) is 0 Å². The number of nitrogens with zero attached hydrogens (tertiary/aromatic N) is 2. The fourth-order valence-electron chi connectivity index (χ4n) is 3.16. The van der Waals surface area contributed by atoms with E-state index < -0.39 is 0 Å². The Balaban J connectivity index is 2.07. The molecule has 0 unspecified atom stereocenters. The first-order valence-corrected chi connectivity index (χ1v) is 7.84. The molecule has 0 saturated heterocycles. The van der Waals surface area contributed by atoms with Crippen LogP contribution in [0.1, 0.15) is 0 Å². The van der Waals surface area contributed by atoms with Crippen LogP contribution in [0.15, 0.2) is 72.8 Å². The van der Waals surface area contributed by atoms with Gasteiger partial charge in [-0.25, -0.2) is 4.98 Å². The highest BCUT2D eigenvalue weighted by Gasteiger charge is 2.14. The minimum absolute atomic E-state index is 0.990. The molecule has 23 heavy (non-hydrogen) atoms. The molecule has 0 aliphatic rings. The average Bonchev–Trinajstić information content (AvgIpc) is 2.94. The Hall–Kier alpha value is -2.74. The molecule has 4 heteroatoms. The number of rotatable bonds is 2. The van der Waals surface area contributed by atoms with Crippen LogP contribution in [0.5, 0.6) is 0 Å². The average molecular weight is 294 g/mol. The third-order valence-corrected chi connectivity index (χ3v) is 4.06. The molecule has 0 spiro atoms. The van der Waals surface area contributed by atoms with Crippen LogP contribution in [0.25, 0.3) is 28.1 Å².